The van der Waals surface area contributed by atoms with E-state index in [2.05, 4.69) is 38.3 Å². The van der Waals surface area contributed by atoms with Crippen molar-refractivity contribution in [2.45, 2.75) is 38.9 Å². The molecule has 0 amide bonds. The van der Waals surface area contributed by atoms with E-state index in [1.54, 1.807) is 12.4 Å². The van der Waals surface area contributed by atoms with Crippen molar-refractivity contribution in [3.63, 3.8) is 0 Å². The molecule has 1 aliphatic heterocycles. The van der Waals surface area contributed by atoms with Gasteiger partial charge in [-0.15, -0.1) is 11.3 Å². The largest absolute Gasteiger partial charge is 0.299 e. The first-order valence-corrected chi connectivity index (χ1v) is 8.89. The van der Waals surface area contributed by atoms with Gasteiger partial charge >= 0.3 is 0 Å². The number of thiophene rings is 1. The van der Waals surface area contributed by atoms with Crippen LogP contribution < -0.4 is 0 Å². The minimum absolute atomic E-state index is 0.840. The third-order valence-corrected chi connectivity index (χ3v) is 5.01. The molecule has 1 saturated heterocycles. The molecule has 0 N–H and O–H groups in total. The van der Waals surface area contributed by atoms with Gasteiger partial charge in [0.2, 0.25) is 0 Å². The van der Waals surface area contributed by atoms with E-state index in [0.29, 0.717) is 0 Å². The number of aromatic nitrogens is 2. The average Bonchev–Trinajstić information content (AvgIpc) is 2.96. The summed E-state index contributed by atoms with van der Waals surface area (Å²) in [6.45, 7) is 5.45. The highest BCUT2D eigenvalue weighted by Gasteiger charge is 2.12. The van der Waals surface area contributed by atoms with E-state index in [4.69, 9.17) is 0 Å². The van der Waals surface area contributed by atoms with Crippen molar-refractivity contribution in [3.05, 3.63) is 46.2 Å². The molecule has 0 saturated carbocycles. The summed E-state index contributed by atoms with van der Waals surface area (Å²) >= 11 is 1.87. The van der Waals surface area contributed by atoms with Crippen LogP contribution in [0.2, 0.25) is 0 Å². The average molecular weight is 316 g/mol. The summed E-state index contributed by atoms with van der Waals surface area (Å²) in [6.07, 6.45) is 9.43. The lowest BCUT2D eigenvalue weighted by molar-refractivity contribution is 0.221. The molecule has 0 aromatic carbocycles. The maximum Gasteiger partial charge on any atom is 0.0726 e. The van der Waals surface area contributed by atoms with Crippen molar-refractivity contribution in [2.75, 3.05) is 20.1 Å². The molecule has 2 aromatic heterocycles. The van der Waals surface area contributed by atoms with E-state index < -0.39 is 0 Å². The first-order valence-electron chi connectivity index (χ1n) is 8.02. The summed E-state index contributed by atoms with van der Waals surface area (Å²) in [7, 11) is 2.14. The molecule has 4 nitrogen and oxygen atoms in total. The molecule has 0 bridgehead atoms. The van der Waals surface area contributed by atoms with Crippen LogP contribution in [-0.2, 0) is 19.6 Å². The summed E-state index contributed by atoms with van der Waals surface area (Å²) in [5.41, 5.74) is 2.49. The van der Waals surface area contributed by atoms with Gasteiger partial charge in [-0.25, -0.2) is 0 Å². The molecule has 118 valence electrons. The second-order valence-electron chi connectivity index (χ2n) is 6.13. The van der Waals surface area contributed by atoms with Crippen LogP contribution in [0.4, 0.5) is 0 Å². The Hall–Kier alpha value is -1.30. The summed E-state index contributed by atoms with van der Waals surface area (Å²) in [5, 5.41) is 2.32. The van der Waals surface area contributed by atoms with E-state index in [1.807, 2.05) is 17.5 Å². The van der Waals surface area contributed by atoms with Crippen LogP contribution in [0.3, 0.4) is 0 Å². The predicted octanol–water partition coefficient (Wildman–Crippen LogP) is 3.16. The highest BCUT2D eigenvalue weighted by atomic mass is 32.1. The molecule has 2 aromatic rings. The Labute approximate surface area is 136 Å². The van der Waals surface area contributed by atoms with E-state index in [-0.39, 0.29) is 0 Å². The van der Waals surface area contributed by atoms with E-state index in [0.717, 1.165) is 25.3 Å². The van der Waals surface area contributed by atoms with Gasteiger partial charge < -0.3 is 0 Å². The van der Waals surface area contributed by atoms with Gasteiger partial charge in [0.15, 0.2) is 0 Å². The van der Waals surface area contributed by atoms with Crippen molar-refractivity contribution in [2.24, 2.45) is 0 Å². The number of rotatable bonds is 6. The first kappa shape index (κ1) is 15.6. The monoisotopic (exact) mass is 316 g/mol. The highest BCUT2D eigenvalue weighted by Crippen LogP contribution is 2.20. The Bertz CT molecular complexity index is 563. The Morgan fingerprint density at radius 3 is 2.82 bits per heavy atom. The van der Waals surface area contributed by atoms with Crippen molar-refractivity contribution < 1.29 is 0 Å². The molecule has 3 rings (SSSR count). The Morgan fingerprint density at radius 2 is 2.05 bits per heavy atom. The molecular weight excluding hydrogens is 292 g/mol. The lowest BCUT2D eigenvalue weighted by Gasteiger charge is -2.25. The first-order chi connectivity index (χ1) is 10.8. The quantitative estimate of drug-likeness (QED) is 0.819. The number of piperidine rings is 1. The number of hydrogen-bond donors (Lipinski definition) is 0. The molecule has 0 spiro atoms. The molecular formula is C17H24N4S. The van der Waals surface area contributed by atoms with Gasteiger partial charge in [0.05, 0.1) is 5.69 Å². The van der Waals surface area contributed by atoms with Crippen LogP contribution >= 0.6 is 11.3 Å². The predicted molar refractivity (Wildman–Crippen MR) is 90.7 cm³/mol. The van der Waals surface area contributed by atoms with Gasteiger partial charge in [0, 0.05) is 43.1 Å². The fourth-order valence-electron chi connectivity index (χ4n) is 2.98. The summed E-state index contributed by atoms with van der Waals surface area (Å²) < 4.78 is 0. The van der Waals surface area contributed by atoms with Crippen LogP contribution in [0.25, 0.3) is 0 Å². The Morgan fingerprint density at radius 1 is 1.18 bits per heavy atom. The number of likely N-dealkylation sites (tertiary alicyclic amines) is 1. The van der Waals surface area contributed by atoms with Crippen LogP contribution in [-0.4, -0.2) is 39.9 Å². The SMILES string of the molecule is CN(Cc1cnccn1)Cc1cc(CN2CCCCC2)cs1. The zero-order valence-corrected chi connectivity index (χ0v) is 14.1. The van der Waals surface area contributed by atoms with Crippen molar-refractivity contribution in [1.82, 2.24) is 19.8 Å². The Kier molecular flexibility index (Phi) is 5.53. The molecule has 22 heavy (non-hydrogen) atoms. The van der Waals surface area contributed by atoms with Crippen LogP contribution in [0, 0.1) is 0 Å². The van der Waals surface area contributed by atoms with Crippen molar-refractivity contribution >= 4 is 11.3 Å². The third kappa shape index (κ3) is 4.60. The summed E-state index contributed by atoms with van der Waals surface area (Å²) in [5.74, 6) is 0. The molecule has 5 heteroatoms. The van der Waals surface area contributed by atoms with E-state index in [9.17, 15) is 0 Å². The molecule has 1 fully saturated rings. The highest BCUT2D eigenvalue weighted by molar-refractivity contribution is 7.10. The zero-order chi connectivity index (χ0) is 15.2. The van der Waals surface area contributed by atoms with Crippen LogP contribution in [0.1, 0.15) is 35.4 Å². The lowest BCUT2D eigenvalue weighted by Crippen LogP contribution is -2.28. The zero-order valence-electron chi connectivity index (χ0n) is 13.2. The maximum atomic E-state index is 4.34. The second kappa shape index (κ2) is 7.81. The van der Waals surface area contributed by atoms with Crippen molar-refractivity contribution in [3.8, 4) is 0 Å². The minimum Gasteiger partial charge on any atom is -0.299 e. The third-order valence-electron chi connectivity index (χ3n) is 4.04. The standard InChI is InChI=1S/C17H24N4S/c1-20(12-16-10-18-5-6-19-16)13-17-9-15(14-22-17)11-21-7-3-2-4-8-21/h5-6,9-10,14H,2-4,7-8,11-13H2,1H3. The molecule has 3 heterocycles. The minimum atomic E-state index is 0.840. The maximum absolute atomic E-state index is 4.34. The van der Waals surface area contributed by atoms with Gasteiger partial charge in [-0.2, -0.15) is 0 Å². The molecule has 1 aliphatic rings. The van der Waals surface area contributed by atoms with Gasteiger partial charge in [-0.1, -0.05) is 6.42 Å². The summed E-state index contributed by atoms with van der Waals surface area (Å²) in [6, 6.07) is 2.37. The van der Waals surface area contributed by atoms with Gasteiger partial charge in [0.25, 0.3) is 0 Å². The summed E-state index contributed by atoms with van der Waals surface area (Å²) in [4.78, 5) is 14.8. The number of hydrogen-bond acceptors (Lipinski definition) is 5. The normalized spacial score (nSPS) is 16.3. The number of nitrogens with zero attached hydrogens (tertiary/aromatic N) is 4. The fraction of sp³-hybridized carbons (Fsp3) is 0.529. The molecule has 0 atom stereocenters. The van der Waals surface area contributed by atoms with E-state index in [1.165, 1.54) is 42.8 Å². The molecule has 0 radical (unpaired) electrons. The topological polar surface area (TPSA) is 32.3 Å². The van der Waals surface area contributed by atoms with Gasteiger partial charge in [-0.3, -0.25) is 19.8 Å². The smallest absolute Gasteiger partial charge is 0.0726 e. The van der Waals surface area contributed by atoms with Crippen LogP contribution in [0.5, 0.6) is 0 Å². The van der Waals surface area contributed by atoms with Gasteiger partial charge in [-0.05, 0) is 50.0 Å². The fourth-order valence-corrected chi connectivity index (χ4v) is 3.94. The molecule has 0 aliphatic carbocycles. The Balaban J connectivity index is 1.50. The van der Waals surface area contributed by atoms with E-state index >= 15 is 0 Å². The lowest BCUT2D eigenvalue weighted by atomic mass is 10.1. The van der Waals surface area contributed by atoms with Gasteiger partial charge in [0.1, 0.15) is 0 Å². The molecule has 0 unspecified atom stereocenters. The van der Waals surface area contributed by atoms with Crippen LogP contribution in [0.15, 0.2) is 30.0 Å². The second-order valence-corrected chi connectivity index (χ2v) is 7.12. The van der Waals surface area contributed by atoms with Crippen molar-refractivity contribution in [1.29, 1.82) is 0 Å².